The standard InChI is InChI=1S/C5H8N2O4/c1-5(2,9)3(6-10)4(8)7-11/h3,9H,1-2H3. The van der Waals surface area contributed by atoms with Gasteiger partial charge in [0.15, 0.2) is 0 Å². The number of nitroso groups, excluding NO2 is 2. The highest BCUT2D eigenvalue weighted by Gasteiger charge is 2.35. The fourth-order valence-corrected chi connectivity index (χ4v) is 0.526. The molecule has 0 aliphatic carbocycles. The average Bonchev–Trinajstić information content (AvgIpc) is 1.86. The van der Waals surface area contributed by atoms with E-state index in [-0.39, 0.29) is 0 Å². The highest BCUT2D eigenvalue weighted by molar-refractivity contribution is 5.83. The molecule has 0 radical (unpaired) electrons. The molecule has 1 unspecified atom stereocenters. The third kappa shape index (κ3) is 2.50. The van der Waals surface area contributed by atoms with E-state index in [1.807, 2.05) is 5.18 Å². The van der Waals surface area contributed by atoms with Gasteiger partial charge in [-0.15, -0.1) is 9.81 Å². The van der Waals surface area contributed by atoms with Crippen molar-refractivity contribution in [1.29, 1.82) is 0 Å². The first kappa shape index (κ1) is 9.83. The smallest absolute Gasteiger partial charge is 0.317 e. The summed E-state index contributed by atoms with van der Waals surface area (Å²) in [4.78, 5) is 30.0. The molecule has 0 aliphatic rings. The normalized spacial score (nSPS) is 13.7. The summed E-state index contributed by atoms with van der Waals surface area (Å²) in [5.41, 5.74) is -1.63. The molecule has 0 rings (SSSR count). The lowest BCUT2D eigenvalue weighted by molar-refractivity contribution is -0.123. The maximum Gasteiger partial charge on any atom is 0.317 e. The highest BCUT2D eigenvalue weighted by Crippen LogP contribution is 2.13. The van der Waals surface area contributed by atoms with E-state index < -0.39 is 17.6 Å². The van der Waals surface area contributed by atoms with Gasteiger partial charge < -0.3 is 5.11 Å². The molecule has 6 nitrogen and oxygen atoms in total. The third-order valence-electron chi connectivity index (χ3n) is 1.10. The first-order valence-corrected chi connectivity index (χ1v) is 2.85. The number of nitrogens with zero attached hydrogens (tertiary/aromatic N) is 2. The minimum absolute atomic E-state index is 1.20. The summed E-state index contributed by atoms with van der Waals surface area (Å²) in [5, 5.41) is 13.3. The Morgan fingerprint density at radius 2 is 1.91 bits per heavy atom. The van der Waals surface area contributed by atoms with E-state index in [1.165, 1.54) is 13.8 Å². The molecular formula is C5H8N2O4. The molecule has 62 valence electrons. The molecule has 0 aromatic carbocycles. The molecule has 1 N–H and O–H groups in total. The molecule has 6 heteroatoms. The van der Waals surface area contributed by atoms with E-state index in [2.05, 4.69) is 5.18 Å². The van der Waals surface area contributed by atoms with Crippen LogP contribution in [0.2, 0.25) is 0 Å². The number of aliphatic hydroxyl groups is 1. The Labute approximate surface area is 62.5 Å². The molecule has 0 spiro atoms. The van der Waals surface area contributed by atoms with Crippen molar-refractivity contribution in [3.8, 4) is 0 Å². The second kappa shape index (κ2) is 3.29. The maximum absolute atomic E-state index is 10.5. The van der Waals surface area contributed by atoms with Crippen molar-refractivity contribution in [3.63, 3.8) is 0 Å². The quantitative estimate of drug-likeness (QED) is 0.595. The molecule has 0 saturated carbocycles. The molecular weight excluding hydrogens is 152 g/mol. The Bertz CT molecular complexity index is 183. The van der Waals surface area contributed by atoms with Crippen molar-refractivity contribution in [2.24, 2.45) is 10.4 Å². The molecule has 0 heterocycles. The number of carbonyl (C=O) groups excluding carboxylic acids is 1. The van der Waals surface area contributed by atoms with Crippen LogP contribution in [-0.2, 0) is 4.79 Å². The summed E-state index contributed by atoms with van der Waals surface area (Å²) in [6.07, 6.45) is 0. The Kier molecular flexibility index (Phi) is 2.94. The zero-order valence-corrected chi connectivity index (χ0v) is 6.14. The predicted molar refractivity (Wildman–Crippen MR) is 36.7 cm³/mol. The summed E-state index contributed by atoms with van der Waals surface area (Å²) >= 11 is 0. The second-order valence-corrected chi connectivity index (χ2v) is 2.59. The van der Waals surface area contributed by atoms with Crippen LogP contribution in [0, 0.1) is 9.81 Å². The first-order valence-electron chi connectivity index (χ1n) is 2.85. The molecule has 0 aromatic rings. The summed E-state index contributed by atoms with van der Waals surface area (Å²) in [7, 11) is 0. The van der Waals surface area contributed by atoms with Gasteiger partial charge in [0.25, 0.3) is 0 Å². The number of hydrogen-bond donors (Lipinski definition) is 1. The van der Waals surface area contributed by atoms with E-state index in [9.17, 15) is 14.6 Å². The van der Waals surface area contributed by atoms with Gasteiger partial charge in [-0.25, -0.2) is 0 Å². The second-order valence-electron chi connectivity index (χ2n) is 2.59. The van der Waals surface area contributed by atoms with Crippen LogP contribution in [0.5, 0.6) is 0 Å². The first-order chi connectivity index (χ1) is 4.93. The zero-order valence-electron chi connectivity index (χ0n) is 6.14. The summed E-state index contributed by atoms with van der Waals surface area (Å²) < 4.78 is 0. The fraction of sp³-hybridized carbons (Fsp3) is 0.800. The number of carbonyl (C=O) groups is 1. The van der Waals surface area contributed by atoms with E-state index >= 15 is 0 Å². The van der Waals surface area contributed by atoms with Crippen LogP contribution in [0.4, 0.5) is 0 Å². The third-order valence-corrected chi connectivity index (χ3v) is 1.10. The average molecular weight is 160 g/mol. The van der Waals surface area contributed by atoms with Gasteiger partial charge in [-0.3, -0.25) is 4.79 Å². The fourth-order valence-electron chi connectivity index (χ4n) is 0.526. The van der Waals surface area contributed by atoms with Gasteiger partial charge in [0.05, 0.1) is 5.60 Å². The van der Waals surface area contributed by atoms with Gasteiger partial charge >= 0.3 is 5.91 Å². The Balaban J connectivity index is 4.54. The van der Waals surface area contributed by atoms with Crippen LogP contribution < -0.4 is 0 Å². The van der Waals surface area contributed by atoms with Gasteiger partial charge in [0.2, 0.25) is 6.04 Å². The lowest BCUT2D eigenvalue weighted by Crippen LogP contribution is -2.39. The zero-order chi connectivity index (χ0) is 9.07. The molecule has 1 atom stereocenters. The molecule has 1 amide bonds. The topological polar surface area (TPSA) is 96.2 Å². The monoisotopic (exact) mass is 160 g/mol. The molecule has 0 aromatic heterocycles. The van der Waals surface area contributed by atoms with E-state index in [1.54, 1.807) is 0 Å². The minimum atomic E-state index is -1.63. The van der Waals surface area contributed by atoms with Gasteiger partial charge in [-0.05, 0) is 13.8 Å². The summed E-state index contributed by atoms with van der Waals surface area (Å²) in [5.74, 6) is -1.26. The van der Waals surface area contributed by atoms with Gasteiger partial charge in [-0.1, -0.05) is 5.18 Å². The van der Waals surface area contributed by atoms with E-state index in [0.717, 1.165) is 0 Å². The minimum Gasteiger partial charge on any atom is -0.388 e. The Morgan fingerprint density at radius 3 is 2.00 bits per heavy atom. The van der Waals surface area contributed by atoms with Crippen LogP contribution in [-0.4, -0.2) is 22.7 Å². The van der Waals surface area contributed by atoms with Gasteiger partial charge in [0, 0.05) is 5.18 Å². The number of amides is 1. The van der Waals surface area contributed by atoms with Gasteiger partial charge in [0.1, 0.15) is 0 Å². The highest BCUT2D eigenvalue weighted by atomic mass is 16.3. The predicted octanol–water partition coefficient (Wildman–Crippen LogP) is 0.185. The lowest BCUT2D eigenvalue weighted by atomic mass is 10.00. The van der Waals surface area contributed by atoms with Crippen molar-refractivity contribution < 1.29 is 9.90 Å². The molecule has 0 bridgehead atoms. The van der Waals surface area contributed by atoms with Crippen LogP contribution in [0.1, 0.15) is 13.8 Å². The van der Waals surface area contributed by atoms with Crippen molar-refractivity contribution in [2.75, 3.05) is 0 Å². The number of rotatable bonds is 3. The molecule has 0 aliphatic heterocycles. The van der Waals surface area contributed by atoms with Crippen LogP contribution in [0.25, 0.3) is 0 Å². The largest absolute Gasteiger partial charge is 0.388 e. The Hall–Kier alpha value is -1.17. The van der Waals surface area contributed by atoms with Crippen molar-refractivity contribution in [3.05, 3.63) is 9.81 Å². The maximum atomic E-state index is 10.5. The van der Waals surface area contributed by atoms with Crippen LogP contribution in [0.15, 0.2) is 10.4 Å². The summed E-state index contributed by atoms with van der Waals surface area (Å²) in [6, 6.07) is -1.61. The SMILES string of the molecule is CC(C)(O)C(N=O)C(=O)N=O. The Morgan fingerprint density at radius 1 is 1.45 bits per heavy atom. The van der Waals surface area contributed by atoms with Gasteiger partial charge in [-0.2, -0.15) is 0 Å². The lowest BCUT2D eigenvalue weighted by Gasteiger charge is -2.18. The van der Waals surface area contributed by atoms with Crippen molar-refractivity contribution in [1.82, 2.24) is 0 Å². The van der Waals surface area contributed by atoms with Crippen LogP contribution in [0.3, 0.4) is 0 Å². The van der Waals surface area contributed by atoms with E-state index in [0.29, 0.717) is 0 Å². The van der Waals surface area contributed by atoms with Crippen molar-refractivity contribution in [2.45, 2.75) is 25.5 Å². The molecule has 0 saturated heterocycles. The van der Waals surface area contributed by atoms with E-state index in [4.69, 9.17) is 5.11 Å². The number of hydrogen-bond acceptors (Lipinski definition) is 5. The summed E-state index contributed by atoms with van der Waals surface area (Å²) in [6.45, 7) is 2.39. The van der Waals surface area contributed by atoms with Crippen LogP contribution >= 0.6 is 0 Å². The molecule has 11 heavy (non-hydrogen) atoms. The van der Waals surface area contributed by atoms with Crippen molar-refractivity contribution >= 4 is 5.91 Å². The molecule has 0 fully saturated rings.